The van der Waals surface area contributed by atoms with Crippen LogP contribution >= 0.6 is 24.0 Å². The molecular formula is C19H32IN5O3S. The normalized spacial score (nSPS) is 18.9. The molecule has 1 aromatic heterocycles. The number of aliphatic imine (C=N–C) groups is 1. The first-order chi connectivity index (χ1) is 13.6. The average Bonchev–Trinajstić information content (AvgIpc) is 3.20. The molecule has 0 bridgehead atoms. The molecule has 1 saturated heterocycles. The molecule has 8 nitrogen and oxygen atoms in total. The maximum absolute atomic E-state index is 12.6. The highest BCUT2D eigenvalue weighted by atomic mass is 127. The molecule has 0 atom stereocenters. The number of guanidine groups is 1. The molecule has 10 heteroatoms. The number of allylic oxidation sites excluding steroid dienone is 1. The monoisotopic (exact) mass is 537 g/mol. The molecule has 0 unspecified atom stereocenters. The highest BCUT2D eigenvalue weighted by Gasteiger charge is 2.28. The van der Waals surface area contributed by atoms with Crippen molar-refractivity contribution in [1.29, 1.82) is 0 Å². The van der Waals surface area contributed by atoms with E-state index in [9.17, 15) is 8.42 Å². The summed E-state index contributed by atoms with van der Waals surface area (Å²) in [6, 6.07) is 1.59. The van der Waals surface area contributed by atoms with Crippen molar-refractivity contribution in [3.8, 4) is 0 Å². The van der Waals surface area contributed by atoms with E-state index >= 15 is 0 Å². The second-order valence-corrected chi connectivity index (χ2v) is 9.20. The van der Waals surface area contributed by atoms with Crippen molar-refractivity contribution in [2.45, 2.75) is 44.8 Å². The molecule has 1 aliphatic carbocycles. The fraction of sp³-hybridized carbons (Fsp3) is 0.684. The van der Waals surface area contributed by atoms with Gasteiger partial charge in [0.15, 0.2) is 5.96 Å². The van der Waals surface area contributed by atoms with Gasteiger partial charge < -0.3 is 14.7 Å². The molecule has 2 aliphatic rings. The Morgan fingerprint density at radius 1 is 1.28 bits per heavy atom. The van der Waals surface area contributed by atoms with Crippen molar-refractivity contribution in [1.82, 2.24) is 19.7 Å². The van der Waals surface area contributed by atoms with Crippen LogP contribution in [0.4, 0.5) is 0 Å². The Bertz CT molecular complexity index is 772. The number of nitrogens with zero attached hydrogens (tertiary/aromatic N) is 4. The third-order valence-electron chi connectivity index (χ3n) is 5.17. The first-order valence-corrected chi connectivity index (χ1v) is 11.8. The van der Waals surface area contributed by atoms with Crippen LogP contribution in [0.5, 0.6) is 0 Å². The van der Waals surface area contributed by atoms with Crippen molar-refractivity contribution in [2.24, 2.45) is 4.99 Å². The predicted molar refractivity (Wildman–Crippen MR) is 125 cm³/mol. The quantitative estimate of drug-likeness (QED) is 0.249. The van der Waals surface area contributed by atoms with Crippen LogP contribution in [0, 0.1) is 0 Å². The van der Waals surface area contributed by atoms with Gasteiger partial charge in [0.1, 0.15) is 12.0 Å². The minimum absolute atomic E-state index is 0. The van der Waals surface area contributed by atoms with Gasteiger partial charge in [-0.2, -0.15) is 4.31 Å². The fourth-order valence-electron chi connectivity index (χ4n) is 3.63. The second kappa shape index (κ2) is 11.9. The smallest absolute Gasteiger partial charge is 0.220 e. The number of hydrogen-bond donors (Lipinski definition) is 1. The Morgan fingerprint density at radius 3 is 2.69 bits per heavy atom. The molecular weight excluding hydrogens is 505 g/mol. The van der Waals surface area contributed by atoms with Crippen LogP contribution in [-0.4, -0.2) is 68.0 Å². The summed E-state index contributed by atoms with van der Waals surface area (Å²) in [6.45, 7) is 5.80. The van der Waals surface area contributed by atoms with Gasteiger partial charge in [-0.15, -0.1) is 24.0 Å². The molecule has 164 valence electrons. The molecule has 1 aliphatic heterocycles. The molecule has 29 heavy (non-hydrogen) atoms. The summed E-state index contributed by atoms with van der Waals surface area (Å²) in [5.41, 5.74) is 1.96. The SMILES string of the molecule is CCNC(=NCCC1=CCCCC1)N1CCN(S(=O)(=O)Cc2ccon2)CC1.I. The zero-order valence-corrected chi connectivity index (χ0v) is 20.2. The van der Waals surface area contributed by atoms with Crippen LogP contribution in [0.15, 0.2) is 33.5 Å². The molecule has 0 radical (unpaired) electrons. The Morgan fingerprint density at radius 2 is 2.07 bits per heavy atom. The first kappa shape index (κ1) is 24.1. The Balaban J connectivity index is 0.00000300. The summed E-state index contributed by atoms with van der Waals surface area (Å²) in [5.74, 6) is 0.764. The van der Waals surface area contributed by atoms with E-state index in [1.54, 1.807) is 6.07 Å². The summed E-state index contributed by atoms with van der Waals surface area (Å²) in [6.07, 6.45) is 9.77. The lowest BCUT2D eigenvalue weighted by atomic mass is 9.97. The Hall–Kier alpha value is -1.14. The van der Waals surface area contributed by atoms with Crippen molar-refractivity contribution in [3.63, 3.8) is 0 Å². The Labute approximate surface area is 190 Å². The largest absolute Gasteiger partial charge is 0.364 e. The van der Waals surface area contributed by atoms with Gasteiger partial charge >= 0.3 is 0 Å². The molecule has 1 N–H and O–H groups in total. The van der Waals surface area contributed by atoms with E-state index in [4.69, 9.17) is 9.52 Å². The van der Waals surface area contributed by atoms with Crippen LogP contribution in [-0.2, 0) is 15.8 Å². The van der Waals surface area contributed by atoms with Gasteiger partial charge in [-0.1, -0.05) is 16.8 Å². The summed E-state index contributed by atoms with van der Waals surface area (Å²) in [7, 11) is -3.38. The van der Waals surface area contributed by atoms with Gasteiger partial charge in [0.2, 0.25) is 10.0 Å². The number of aromatic nitrogens is 1. The fourth-order valence-corrected chi connectivity index (χ4v) is 5.06. The highest BCUT2D eigenvalue weighted by Crippen LogP contribution is 2.20. The van der Waals surface area contributed by atoms with Crippen molar-refractivity contribution in [2.75, 3.05) is 39.3 Å². The van der Waals surface area contributed by atoms with Gasteiger partial charge in [0.05, 0.1) is 5.69 Å². The third-order valence-corrected chi connectivity index (χ3v) is 6.98. The molecule has 3 rings (SSSR count). The lowest BCUT2D eigenvalue weighted by Gasteiger charge is -2.35. The van der Waals surface area contributed by atoms with Gasteiger partial charge in [-0.25, -0.2) is 8.42 Å². The molecule has 2 heterocycles. The molecule has 1 aromatic rings. The average molecular weight is 537 g/mol. The van der Waals surface area contributed by atoms with Crippen molar-refractivity contribution in [3.05, 3.63) is 29.7 Å². The van der Waals surface area contributed by atoms with Gasteiger partial charge in [-0.05, 0) is 39.0 Å². The van der Waals surface area contributed by atoms with Gasteiger partial charge in [0, 0.05) is 45.3 Å². The minimum atomic E-state index is -3.38. The van der Waals surface area contributed by atoms with Gasteiger partial charge in [-0.3, -0.25) is 4.99 Å². The summed E-state index contributed by atoms with van der Waals surface area (Å²) >= 11 is 0. The molecule has 1 fully saturated rings. The van der Waals surface area contributed by atoms with E-state index < -0.39 is 10.0 Å². The van der Waals surface area contributed by atoms with Crippen molar-refractivity contribution < 1.29 is 12.9 Å². The number of hydrogen-bond acceptors (Lipinski definition) is 5. The zero-order valence-electron chi connectivity index (χ0n) is 17.0. The molecule has 0 aromatic carbocycles. The Kier molecular flexibility index (Phi) is 9.90. The van der Waals surface area contributed by atoms with E-state index in [-0.39, 0.29) is 29.7 Å². The number of nitrogens with one attached hydrogen (secondary N) is 1. The predicted octanol–water partition coefficient (Wildman–Crippen LogP) is 2.60. The van der Waals surface area contributed by atoms with E-state index in [2.05, 4.69) is 28.4 Å². The van der Waals surface area contributed by atoms with E-state index in [1.165, 1.54) is 41.8 Å². The van der Waals surface area contributed by atoms with Crippen LogP contribution in [0.2, 0.25) is 0 Å². The lowest BCUT2D eigenvalue weighted by Crippen LogP contribution is -2.53. The van der Waals surface area contributed by atoms with Crippen molar-refractivity contribution >= 4 is 40.0 Å². The maximum Gasteiger partial charge on any atom is 0.220 e. The number of piperazine rings is 1. The topological polar surface area (TPSA) is 91.0 Å². The number of sulfonamides is 1. The standard InChI is InChI=1S/C19H31N5O3S.HI/c1-2-20-19(21-10-8-17-6-4-3-5-7-17)23-11-13-24(14-12-23)28(25,26)16-18-9-15-27-22-18;/h6,9,15H,2-5,7-8,10-14,16H2,1H3,(H,20,21);1H. The number of halogens is 1. The summed E-state index contributed by atoms with van der Waals surface area (Å²) < 4.78 is 31.4. The highest BCUT2D eigenvalue weighted by molar-refractivity contribution is 14.0. The van der Waals surface area contributed by atoms with Crippen LogP contribution in [0.3, 0.4) is 0 Å². The van der Waals surface area contributed by atoms with E-state index in [1.807, 2.05) is 0 Å². The van der Waals surface area contributed by atoms with E-state index in [0.29, 0.717) is 31.9 Å². The molecule has 0 saturated carbocycles. The minimum Gasteiger partial charge on any atom is -0.364 e. The summed E-state index contributed by atoms with van der Waals surface area (Å²) in [4.78, 5) is 6.93. The summed E-state index contributed by atoms with van der Waals surface area (Å²) in [5, 5.41) is 7.06. The van der Waals surface area contributed by atoms with Crippen LogP contribution in [0.1, 0.15) is 44.7 Å². The molecule has 0 spiro atoms. The zero-order chi connectivity index (χ0) is 19.8. The lowest BCUT2D eigenvalue weighted by molar-refractivity contribution is 0.260. The second-order valence-electron chi connectivity index (χ2n) is 7.23. The number of rotatable bonds is 7. The molecule has 0 amide bonds. The maximum atomic E-state index is 12.6. The van der Waals surface area contributed by atoms with Crippen LogP contribution < -0.4 is 5.32 Å². The van der Waals surface area contributed by atoms with Gasteiger partial charge in [0.25, 0.3) is 0 Å². The van der Waals surface area contributed by atoms with E-state index in [0.717, 1.165) is 25.5 Å². The third kappa shape index (κ3) is 7.25. The van der Waals surface area contributed by atoms with Crippen LogP contribution in [0.25, 0.3) is 0 Å². The first-order valence-electron chi connectivity index (χ1n) is 10.2.